The van der Waals surface area contributed by atoms with Crippen LogP contribution in [-0.4, -0.2) is 12.3 Å². The van der Waals surface area contributed by atoms with Gasteiger partial charge in [-0.05, 0) is 36.9 Å². The van der Waals surface area contributed by atoms with Gasteiger partial charge in [0.2, 0.25) is 0 Å². The highest BCUT2D eigenvalue weighted by molar-refractivity contribution is 9.10. The second kappa shape index (κ2) is 7.92. The molecule has 5 heteroatoms. The van der Waals surface area contributed by atoms with Crippen LogP contribution in [0.15, 0.2) is 51.8 Å². The molecule has 1 unspecified atom stereocenters. The van der Waals surface area contributed by atoms with E-state index in [0.29, 0.717) is 12.3 Å². The molecule has 1 N–H and O–H groups in total. The van der Waals surface area contributed by atoms with Crippen molar-refractivity contribution in [2.45, 2.75) is 17.9 Å². The Bertz CT molecular complexity index is 586. The number of nitrogens with one attached hydrogen (secondary N) is 1. The van der Waals surface area contributed by atoms with Crippen LogP contribution in [0.1, 0.15) is 18.5 Å². The minimum Gasteiger partial charge on any atom is -0.309 e. The van der Waals surface area contributed by atoms with Crippen molar-refractivity contribution >= 4 is 27.7 Å². The summed E-state index contributed by atoms with van der Waals surface area (Å²) in [6, 6.07) is 11.5. The lowest BCUT2D eigenvalue weighted by Crippen LogP contribution is -2.25. The Morgan fingerprint density at radius 1 is 1.14 bits per heavy atom. The summed E-state index contributed by atoms with van der Waals surface area (Å²) in [5.74, 6) is -0.450. The van der Waals surface area contributed by atoms with Gasteiger partial charge in [-0.15, -0.1) is 11.8 Å². The average Bonchev–Trinajstić information content (AvgIpc) is 2.44. The lowest BCUT2D eigenvalue weighted by molar-refractivity contribution is 0.500. The summed E-state index contributed by atoms with van der Waals surface area (Å²) in [6.45, 7) is 2.58. The molecule has 0 aromatic heterocycles. The largest absolute Gasteiger partial charge is 0.309 e. The molecular weight excluding hydrogens is 356 g/mol. The van der Waals surface area contributed by atoms with Gasteiger partial charge in [-0.3, -0.25) is 0 Å². The van der Waals surface area contributed by atoms with E-state index < -0.39 is 11.6 Å². The van der Waals surface area contributed by atoms with Gasteiger partial charge >= 0.3 is 0 Å². The first-order chi connectivity index (χ1) is 10.1. The zero-order valence-corrected chi connectivity index (χ0v) is 14.0. The molecule has 0 aliphatic carbocycles. The molecule has 0 radical (unpaired) electrons. The molecule has 0 saturated carbocycles. The second-order valence-corrected chi connectivity index (χ2v) is 6.52. The molecule has 0 heterocycles. The van der Waals surface area contributed by atoms with Gasteiger partial charge in [0.15, 0.2) is 0 Å². The van der Waals surface area contributed by atoms with Gasteiger partial charge in [0, 0.05) is 26.7 Å². The molecule has 2 aromatic carbocycles. The minimum absolute atomic E-state index is 0.113. The smallest absolute Gasteiger partial charge is 0.130 e. The zero-order chi connectivity index (χ0) is 15.2. The molecule has 1 atom stereocenters. The first-order valence-corrected chi connectivity index (χ1v) is 8.45. The Morgan fingerprint density at radius 2 is 1.81 bits per heavy atom. The summed E-state index contributed by atoms with van der Waals surface area (Å²) in [5.41, 5.74) is 0.113. The summed E-state index contributed by atoms with van der Waals surface area (Å²) in [6.07, 6.45) is 0. The van der Waals surface area contributed by atoms with Crippen molar-refractivity contribution in [3.05, 3.63) is 64.1 Å². The van der Waals surface area contributed by atoms with Gasteiger partial charge in [0.05, 0.1) is 0 Å². The van der Waals surface area contributed by atoms with Crippen molar-refractivity contribution < 1.29 is 8.78 Å². The Kier molecular flexibility index (Phi) is 6.21. The van der Waals surface area contributed by atoms with Gasteiger partial charge < -0.3 is 5.32 Å². The molecule has 2 rings (SSSR count). The maximum Gasteiger partial charge on any atom is 0.130 e. The summed E-state index contributed by atoms with van der Waals surface area (Å²) in [5, 5.41) is 3.15. The fourth-order valence-corrected chi connectivity index (χ4v) is 3.65. The third-order valence-corrected chi connectivity index (χ3v) is 4.59. The highest BCUT2D eigenvalue weighted by Gasteiger charge is 2.19. The van der Waals surface area contributed by atoms with Crippen LogP contribution in [-0.2, 0) is 0 Å². The summed E-state index contributed by atoms with van der Waals surface area (Å²) in [4.78, 5) is 1.06. The third-order valence-electron chi connectivity index (χ3n) is 3.01. The molecule has 21 heavy (non-hydrogen) atoms. The third kappa shape index (κ3) is 4.53. The van der Waals surface area contributed by atoms with Crippen molar-refractivity contribution in [3.63, 3.8) is 0 Å². The molecule has 0 aliphatic heterocycles. The van der Waals surface area contributed by atoms with E-state index in [1.165, 1.54) is 18.2 Å². The molecule has 0 saturated heterocycles. The quantitative estimate of drug-likeness (QED) is 0.702. The number of thioether (sulfide) groups is 1. The van der Waals surface area contributed by atoms with Crippen LogP contribution < -0.4 is 5.32 Å². The predicted octanol–water partition coefficient (Wildman–Crippen LogP) is 5.17. The van der Waals surface area contributed by atoms with Crippen LogP contribution in [0.3, 0.4) is 0 Å². The number of rotatable bonds is 6. The summed E-state index contributed by atoms with van der Waals surface area (Å²) < 4.78 is 28.8. The van der Waals surface area contributed by atoms with Crippen LogP contribution >= 0.6 is 27.7 Å². The van der Waals surface area contributed by atoms with E-state index in [2.05, 4.69) is 21.2 Å². The highest BCUT2D eigenvalue weighted by atomic mass is 79.9. The van der Waals surface area contributed by atoms with E-state index in [-0.39, 0.29) is 11.6 Å². The Morgan fingerprint density at radius 3 is 2.43 bits per heavy atom. The summed E-state index contributed by atoms with van der Waals surface area (Å²) >= 11 is 4.99. The monoisotopic (exact) mass is 371 g/mol. The Balaban J connectivity index is 2.16. The van der Waals surface area contributed by atoms with Gasteiger partial charge in [-0.25, -0.2) is 8.78 Å². The molecule has 112 valence electrons. The number of benzene rings is 2. The molecule has 0 spiro atoms. The fourth-order valence-electron chi connectivity index (χ4n) is 2.07. The Hall–Kier alpha value is -0.910. The summed E-state index contributed by atoms with van der Waals surface area (Å²) in [7, 11) is 0. The maximum absolute atomic E-state index is 13.9. The van der Waals surface area contributed by atoms with Crippen molar-refractivity contribution in [2.75, 3.05) is 12.3 Å². The molecule has 0 aliphatic rings. The number of hydrogen-bond acceptors (Lipinski definition) is 2. The molecule has 0 bridgehead atoms. The van der Waals surface area contributed by atoms with Crippen LogP contribution in [0, 0.1) is 11.6 Å². The first-order valence-electron chi connectivity index (χ1n) is 6.67. The molecule has 0 fully saturated rings. The van der Waals surface area contributed by atoms with Crippen molar-refractivity contribution in [3.8, 4) is 0 Å². The van der Waals surface area contributed by atoms with Gasteiger partial charge in [-0.1, -0.05) is 35.0 Å². The van der Waals surface area contributed by atoms with Crippen LogP contribution in [0.5, 0.6) is 0 Å². The lowest BCUT2D eigenvalue weighted by Gasteiger charge is -2.19. The molecule has 2 aromatic rings. The molecule has 0 amide bonds. The van der Waals surface area contributed by atoms with E-state index in [1.807, 2.05) is 31.2 Å². The average molecular weight is 372 g/mol. The van der Waals surface area contributed by atoms with E-state index in [4.69, 9.17) is 0 Å². The maximum atomic E-state index is 13.9. The van der Waals surface area contributed by atoms with Crippen LogP contribution in [0.2, 0.25) is 0 Å². The normalized spacial score (nSPS) is 12.4. The Labute approximate surface area is 136 Å². The predicted molar refractivity (Wildman–Crippen MR) is 87.6 cm³/mol. The first kappa shape index (κ1) is 16.5. The van der Waals surface area contributed by atoms with E-state index in [9.17, 15) is 8.78 Å². The van der Waals surface area contributed by atoms with Crippen molar-refractivity contribution in [1.82, 2.24) is 5.32 Å². The molecular formula is C16H16BrF2NS. The van der Waals surface area contributed by atoms with E-state index >= 15 is 0 Å². The number of halogens is 3. The van der Waals surface area contributed by atoms with Gasteiger partial charge in [0.1, 0.15) is 11.6 Å². The van der Waals surface area contributed by atoms with E-state index in [1.54, 1.807) is 11.8 Å². The highest BCUT2D eigenvalue weighted by Crippen LogP contribution is 2.29. The second-order valence-electron chi connectivity index (χ2n) is 4.51. The lowest BCUT2D eigenvalue weighted by atomic mass is 10.1. The zero-order valence-electron chi connectivity index (χ0n) is 11.6. The van der Waals surface area contributed by atoms with Crippen molar-refractivity contribution in [1.29, 1.82) is 0 Å². The van der Waals surface area contributed by atoms with E-state index in [0.717, 1.165) is 9.37 Å². The topological polar surface area (TPSA) is 12.0 Å². The molecule has 1 nitrogen and oxygen atoms in total. The van der Waals surface area contributed by atoms with Gasteiger partial charge in [-0.2, -0.15) is 0 Å². The standard InChI is InChI=1S/C16H16BrF2NS/c1-2-20-15(16-13(18)7-4-8-14(16)19)10-21-12-6-3-5-11(17)9-12/h3-9,15,20H,2,10H2,1H3. The number of hydrogen-bond donors (Lipinski definition) is 1. The minimum atomic E-state index is -0.504. The SMILES string of the molecule is CCNC(CSc1cccc(Br)c1)c1c(F)cccc1F. The van der Waals surface area contributed by atoms with Crippen molar-refractivity contribution in [2.24, 2.45) is 0 Å². The van der Waals surface area contributed by atoms with Crippen LogP contribution in [0.25, 0.3) is 0 Å². The fraction of sp³-hybridized carbons (Fsp3) is 0.250. The van der Waals surface area contributed by atoms with Crippen LogP contribution in [0.4, 0.5) is 8.78 Å². The van der Waals surface area contributed by atoms with Gasteiger partial charge in [0.25, 0.3) is 0 Å².